The third-order valence-electron chi connectivity index (χ3n) is 6.37. The van der Waals surface area contributed by atoms with Gasteiger partial charge in [0.25, 0.3) is 5.91 Å². The van der Waals surface area contributed by atoms with Crippen LogP contribution in [-0.2, 0) is 16.1 Å². The van der Waals surface area contributed by atoms with E-state index in [1.807, 2.05) is 36.3 Å². The highest BCUT2D eigenvalue weighted by molar-refractivity contribution is 7.19. The minimum atomic E-state index is -0.620. The van der Waals surface area contributed by atoms with E-state index in [1.54, 1.807) is 29.2 Å². The summed E-state index contributed by atoms with van der Waals surface area (Å²) in [6, 6.07) is 8.10. The number of carbonyl (C=O) groups is 1. The molecule has 1 aromatic carbocycles. The number of carbonyl (C=O) groups excluding carboxylic acids is 1. The average molecular weight is 544 g/mol. The maximum atomic E-state index is 11.2. The van der Waals surface area contributed by atoms with Crippen molar-refractivity contribution in [1.82, 2.24) is 35.6 Å². The zero-order valence-electron chi connectivity index (χ0n) is 21.0. The Balaban J connectivity index is 1.32. The molecule has 3 N–H and O–H groups in total. The van der Waals surface area contributed by atoms with Gasteiger partial charge in [0.1, 0.15) is 0 Å². The van der Waals surface area contributed by atoms with Gasteiger partial charge in [0.05, 0.1) is 41.7 Å². The second kappa shape index (κ2) is 10.7. The maximum Gasteiger partial charge on any atom is 0.267 e. The number of hydrogen-bond acceptors (Lipinski definition) is 11. The van der Waals surface area contributed by atoms with Crippen molar-refractivity contribution in [1.29, 1.82) is 0 Å². The van der Waals surface area contributed by atoms with Crippen molar-refractivity contribution in [3.63, 3.8) is 0 Å². The molecule has 13 heteroatoms. The van der Waals surface area contributed by atoms with Gasteiger partial charge < -0.3 is 14.5 Å². The van der Waals surface area contributed by atoms with Crippen molar-refractivity contribution in [3.8, 4) is 11.4 Å². The lowest BCUT2D eigenvalue weighted by Gasteiger charge is -2.28. The smallest absolute Gasteiger partial charge is 0.267 e. The quantitative estimate of drug-likeness (QED) is 0.159. The van der Waals surface area contributed by atoms with E-state index >= 15 is 0 Å². The summed E-state index contributed by atoms with van der Waals surface area (Å²) in [6.45, 7) is 3.43. The van der Waals surface area contributed by atoms with Crippen LogP contribution in [0.2, 0.25) is 0 Å². The lowest BCUT2D eigenvalue weighted by molar-refractivity contribution is -0.124. The monoisotopic (exact) mass is 543 g/mol. The Hall–Kier alpha value is -4.46. The van der Waals surface area contributed by atoms with Crippen molar-refractivity contribution < 1.29 is 14.7 Å². The molecular formula is C26H25N9O3S. The maximum absolute atomic E-state index is 11.2. The first kappa shape index (κ1) is 24.9. The highest BCUT2D eigenvalue weighted by Gasteiger charge is 2.21. The van der Waals surface area contributed by atoms with Crippen molar-refractivity contribution in [2.75, 3.05) is 43.2 Å². The Morgan fingerprint density at radius 1 is 1.23 bits per heavy atom. The number of morpholine rings is 1. The number of nitrogens with zero attached hydrogens (tertiary/aromatic N) is 7. The van der Waals surface area contributed by atoms with Gasteiger partial charge in [-0.05, 0) is 18.2 Å². The summed E-state index contributed by atoms with van der Waals surface area (Å²) in [7, 11) is 1.92. The van der Waals surface area contributed by atoms with Gasteiger partial charge in [-0.2, -0.15) is 5.10 Å². The fourth-order valence-electron chi connectivity index (χ4n) is 4.44. The van der Waals surface area contributed by atoms with Crippen molar-refractivity contribution in [3.05, 3.63) is 59.4 Å². The van der Waals surface area contributed by atoms with Crippen molar-refractivity contribution in [2.45, 2.75) is 6.54 Å². The summed E-state index contributed by atoms with van der Waals surface area (Å²) in [4.78, 5) is 35.4. The first-order chi connectivity index (χ1) is 19.1. The second-order valence-corrected chi connectivity index (χ2v) is 10.2. The number of benzene rings is 1. The third kappa shape index (κ3) is 5.14. The van der Waals surface area contributed by atoms with Gasteiger partial charge in [0, 0.05) is 60.0 Å². The van der Waals surface area contributed by atoms with Gasteiger partial charge >= 0.3 is 0 Å². The number of ether oxygens (including phenoxy) is 1. The largest absolute Gasteiger partial charge is 0.378 e. The molecule has 5 aromatic rings. The number of anilines is 2. The topological polar surface area (TPSA) is 145 Å². The Morgan fingerprint density at radius 2 is 2.05 bits per heavy atom. The first-order valence-corrected chi connectivity index (χ1v) is 13.1. The molecule has 1 aliphatic rings. The minimum Gasteiger partial charge on any atom is -0.378 e. The van der Waals surface area contributed by atoms with E-state index in [-0.39, 0.29) is 0 Å². The van der Waals surface area contributed by atoms with Gasteiger partial charge in [-0.3, -0.25) is 15.1 Å². The molecular weight excluding hydrogens is 518 g/mol. The second-order valence-electron chi connectivity index (χ2n) is 9.02. The third-order valence-corrected chi connectivity index (χ3v) is 7.48. The Kier molecular flexibility index (Phi) is 6.84. The summed E-state index contributed by atoms with van der Waals surface area (Å²) in [5.74, 6) is 1.50. The molecule has 0 radical (unpaired) electrons. The van der Waals surface area contributed by atoms with Crippen LogP contribution in [0.5, 0.6) is 0 Å². The predicted octanol–water partition coefficient (Wildman–Crippen LogP) is 3.02. The Bertz CT molecular complexity index is 1660. The molecule has 0 saturated carbocycles. The number of H-pyrrole nitrogens is 1. The molecule has 198 valence electrons. The number of amides is 1. The fourth-order valence-corrected chi connectivity index (χ4v) is 5.61. The van der Waals surface area contributed by atoms with Gasteiger partial charge in [0.15, 0.2) is 11.6 Å². The van der Waals surface area contributed by atoms with Crippen LogP contribution in [0.4, 0.5) is 11.8 Å². The molecule has 0 aliphatic carbocycles. The normalized spacial score (nSPS) is 13.9. The number of nitrogens with one attached hydrogen (secondary N) is 2. The first-order valence-electron chi connectivity index (χ1n) is 12.3. The van der Waals surface area contributed by atoms with E-state index in [2.05, 4.69) is 31.1 Å². The molecule has 5 heterocycles. The number of hydrogen-bond donors (Lipinski definition) is 3. The van der Waals surface area contributed by atoms with Gasteiger partial charge in [-0.15, -0.1) is 11.3 Å². The molecule has 1 saturated heterocycles. The summed E-state index contributed by atoms with van der Waals surface area (Å²) in [6.07, 6.45) is 7.77. The molecule has 0 unspecified atom stereocenters. The summed E-state index contributed by atoms with van der Waals surface area (Å²) >= 11 is 1.66. The zero-order valence-corrected chi connectivity index (χ0v) is 21.9. The predicted molar refractivity (Wildman–Crippen MR) is 149 cm³/mol. The minimum absolute atomic E-state index is 0.544. The van der Waals surface area contributed by atoms with Crippen LogP contribution in [0.1, 0.15) is 10.4 Å². The molecule has 1 aliphatic heterocycles. The van der Waals surface area contributed by atoms with Crippen LogP contribution in [0, 0.1) is 0 Å². The van der Waals surface area contributed by atoms with Crippen LogP contribution in [-0.4, -0.2) is 74.6 Å². The lowest BCUT2D eigenvalue weighted by Crippen LogP contribution is -2.36. The number of aromatic nitrogens is 6. The highest BCUT2D eigenvalue weighted by Crippen LogP contribution is 2.36. The Morgan fingerprint density at radius 3 is 2.85 bits per heavy atom. The molecule has 4 aromatic heterocycles. The fraction of sp³-hybridized carbons (Fsp3) is 0.231. The average Bonchev–Trinajstić information content (AvgIpc) is 3.62. The van der Waals surface area contributed by atoms with E-state index in [4.69, 9.17) is 19.9 Å². The van der Waals surface area contributed by atoms with Crippen LogP contribution in [0.3, 0.4) is 0 Å². The summed E-state index contributed by atoms with van der Waals surface area (Å²) in [5, 5.41) is 16.8. The highest BCUT2D eigenvalue weighted by atomic mass is 32.1. The van der Waals surface area contributed by atoms with Crippen LogP contribution >= 0.6 is 11.3 Å². The van der Waals surface area contributed by atoms with Gasteiger partial charge in [0.2, 0.25) is 5.95 Å². The molecule has 1 fully saturated rings. The number of fused-ring (bicyclic) bond motifs is 2. The Labute approximate surface area is 227 Å². The van der Waals surface area contributed by atoms with E-state index in [0.29, 0.717) is 37.1 Å². The van der Waals surface area contributed by atoms with Crippen LogP contribution < -0.4 is 15.3 Å². The van der Waals surface area contributed by atoms with Crippen LogP contribution in [0.25, 0.3) is 38.6 Å². The zero-order chi connectivity index (χ0) is 26.8. The van der Waals surface area contributed by atoms with Gasteiger partial charge in [-0.1, -0.05) is 12.1 Å². The molecule has 6 rings (SSSR count). The molecule has 12 nitrogen and oxygen atoms in total. The van der Waals surface area contributed by atoms with Crippen molar-refractivity contribution >= 4 is 56.2 Å². The SMILES string of the molecule is CN(Cc1cc2nc(-c3cccc4[nH]ncc34)nc(N3CCOCC3)c2s1)c1ncc(/C=C/C(=O)NO)cn1. The van der Waals surface area contributed by atoms with Gasteiger partial charge in [-0.25, -0.2) is 25.4 Å². The standard InChI is InChI=1S/C26H25N9O3S/c1-34(26-27-12-16(13-28-26)5-6-22(36)33-37)15-17-11-21-23(39-17)25(35-7-9-38-10-8-35)31-24(30-21)18-3-2-4-20-19(18)14-29-32-20/h2-6,11-14,37H,7-10,15H2,1H3,(H,29,32)(H,33,36)/b6-5+. The molecule has 0 atom stereocenters. The molecule has 39 heavy (non-hydrogen) atoms. The number of aromatic amines is 1. The van der Waals surface area contributed by atoms with Crippen LogP contribution in [0.15, 0.2) is 48.9 Å². The van der Waals surface area contributed by atoms with Crippen molar-refractivity contribution in [2.24, 2.45) is 0 Å². The summed E-state index contributed by atoms with van der Waals surface area (Å²) in [5.41, 5.74) is 4.95. The van der Waals surface area contributed by atoms with E-state index < -0.39 is 5.91 Å². The summed E-state index contributed by atoms with van der Waals surface area (Å²) < 4.78 is 6.63. The molecule has 0 spiro atoms. The van der Waals surface area contributed by atoms with E-state index in [0.717, 1.165) is 50.5 Å². The molecule has 1 amide bonds. The lowest BCUT2D eigenvalue weighted by atomic mass is 10.1. The number of hydroxylamine groups is 1. The number of rotatable bonds is 7. The number of thiophene rings is 1. The van der Waals surface area contributed by atoms with E-state index in [1.165, 1.54) is 12.2 Å². The molecule has 0 bridgehead atoms. The van der Waals surface area contributed by atoms with E-state index in [9.17, 15) is 4.79 Å².